The van der Waals surface area contributed by atoms with Gasteiger partial charge in [0.25, 0.3) is 5.91 Å². The summed E-state index contributed by atoms with van der Waals surface area (Å²) in [6.45, 7) is 4.36. The van der Waals surface area contributed by atoms with Crippen molar-refractivity contribution in [3.05, 3.63) is 35.9 Å². The van der Waals surface area contributed by atoms with Gasteiger partial charge in [0.15, 0.2) is 0 Å². The molecule has 2 rings (SSSR count). The SMILES string of the molecule is CCN1C[C@H](O)[C@@H](N(C)C(=O)c2ccccc2)C1. The molecular weight excluding hydrogens is 228 g/mol. The lowest BCUT2D eigenvalue weighted by atomic mass is 10.1. The van der Waals surface area contributed by atoms with Crippen LogP contribution in [0.1, 0.15) is 17.3 Å². The van der Waals surface area contributed by atoms with Gasteiger partial charge in [0.1, 0.15) is 0 Å². The van der Waals surface area contributed by atoms with Crippen LogP contribution in [0.2, 0.25) is 0 Å². The van der Waals surface area contributed by atoms with Crippen molar-refractivity contribution < 1.29 is 9.90 Å². The first-order valence-electron chi connectivity index (χ1n) is 6.36. The molecule has 1 aromatic rings. The Labute approximate surface area is 108 Å². The Morgan fingerprint density at radius 1 is 1.39 bits per heavy atom. The van der Waals surface area contributed by atoms with E-state index in [1.807, 2.05) is 18.2 Å². The molecule has 4 heteroatoms. The number of carbonyl (C=O) groups is 1. The zero-order valence-corrected chi connectivity index (χ0v) is 10.9. The second-order valence-corrected chi connectivity index (χ2v) is 4.77. The summed E-state index contributed by atoms with van der Waals surface area (Å²) in [6, 6.07) is 9.09. The van der Waals surface area contributed by atoms with Gasteiger partial charge in [-0.15, -0.1) is 0 Å². The molecular formula is C14H20N2O2. The number of β-amino-alcohol motifs (C(OH)–C–C–N with tert-alkyl or cyclic N) is 1. The molecule has 0 aliphatic carbocycles. The number of rotatable bonds is 3. The quantitative estimate of drug-likeness (QED) is 0.861. The fourth-order valence-corrected chi connectivity index (χ4v) is 2.42. The lowest BCUT2D eigenvalue weighted by Crippen LogP contribution is -2.44. The van der Waals surface area contributed by atoms with Crippen LogP contribution >= 0.6 is 0 Å². The van der Waals surface area contributed by atoms with E-state index in [1.54, 1.807) is 24.1 Å². The number of hydrogen-bond donors (Lipinski definition) is 1. The maximum absolute atomic E-state index is 12.3. The Hall–Kier alpha value is -1.39. The third-order valence-electron chi connectivity index (χ3n) is 3.62. The van der Waals surface area contributed by atoms with Crippen LogP contribution in [0.3, 0.4) is 0 Å². The average molecular weight is 248 g/mol. The minimum atomic E-state index is -0.456. The highest BCUT2D eigenvalue weighted by Gasteiger charge is 2.35. The number of likely N-dealkylation sites (tertiary alicyclic amines) is 1. The van der Waals surface area contributed by atoms with Crippen molar-refractivity contribution in [1.82, 2.24) is 9.80 Å². The van der Waals surface area contributed by atoms with E-state index in [4.69, 9.17) is 0 Å². The maximum Gasteiger partial charge on any atom is 0.253 e. The highest BCUT2D eigenvalue weighted by atomic mass is 16.3. The summed E-state index contributed by atoms with van der Waals surface area (Å²) in [6.07, 6.45) is -0.456. The highest BCUT2D eigenvalue weighted by Crippen LogP contribution is 2.17. The predicted octanol–water partition coefficient (Wildman–Crippen LogP) is 0.824. The second-order valence-electron chi connectivity index (χ2n) is 4.77. The van der Waals surface area contributed by atoms with Gasteiger partial charge in [-0.25, -0.2) is 0 Å². The fraction of sp³-hybridized carbons (Fsp3) is 0.500. The Morgan fingerprint density at radius 2 is 2.06 bits per heavy atom. The van der Waals surface area contributed by atoms with Gasteiger partial charge in [0.2, 0.25) is 0 Å². The lowest BCUT2D eigenvalue weighted by molar-refractivity contribution is 0.0581. The molecule has 0 unspecified atom stereocenters. The molecule has 1 aliphatic heterocycles. The molecule has 2 atom stereocenters. The van der Waals surface area contributed by atoms with Gasteiger partial charge in [-0.1, -0.05) is 25.1 Å². The van der Waals surface area contributed by atoms with Gasteiger partial charge in [0, 0.05) is 25.7 Å². The van der Waals surface area contributed by atoms with E-state index >= 15 is 0 Å². The number of carbonyl (C=O) groups excluding carboxylic acids is 1. The van der Waals surface area contributed by atoms with E-state index in [9.17, 15) is 9.90 Å². The van der Waals surface area contributed by atoms with Crippen LogP contribution in [0, 0.1) is 0 Å². The van der Waals surface area contributed by atoms with Crippen molar-refractivity contribution in [3.8, 4) is 0 Å². The van der Waals surface area contributed by atoms with Crippen molar-refractivity contribution in [2.75, 3.05) is 26.7 Å². The molecule has 1 aliphatic rings. The smallest absolute Gasteiger partial charge is 0.253 e. The molecule has 0 bridgehead atoms. The lowest BCUT2D eigenvalue weighted by Gasteiger charge is -2.26. The summed E-state index contributed by atoms with van der Waals surface area (Å²) in [5.41, 5.74) is 0.669. The van der Waals surface area contributed by atoms with Gasteiger partial charge in [-0.2, -0.15) is 0 Å². The van der Waals surface area contributed by atoms with E-state index in [0.29, 0.717) is 12.1 Å². The monoisotopic (exact) mass is 248 g/mol. The van der Waals surface area contributed by atoms with Crippen molar-refractivity contribution in [2.24, 2.45) is 0 Å². The topological polar surface area (TPSA) is 43.8 Å². The summed E-state index contributed by atoms with van der Waals surface area (Å²) >= 11 is 0. The molecule has 98 valence electrons. The van der Waals surface area contributed by atoms with E-state index in [0.717, 1.165) is 13.1 Å². The third-order valence-corrected chi connectivity index (χ3v) is 3.62. The predicted molar refractivity (Wildman–Crippen MR) is 70.4 cm³/mol. The number of aliphatic hydroxyl groups excluding tert-OH is 1. The first-order valence-corrected chi connectivity index (χ1v) is 6.36. The number of likely N-dealkylation sites (N-methyl/N-ethyl adjacent to an activating group) is 2. The molecule has 0 saturated carbocycles. The Balaban J connectivity index is 2.08. The Bertz CT molecular complexity index is 408. The number of amides is 1. The minimum Gasteiger partial charge on any atom is -0.390 e. The van der Waals surface area contributed by atoms with Gasteiger partial charge >= 0.3 is 0 Å². The summed E-state index contributed by atoms with van der Waals surface area (Å²) in [5, 5.41) is 10.0. The second kappa shape index (κ2) is 5.50. The number of benzene rings is 1. The van der Waals surface area contributed by atoms with Crippen molar-refractivity contribution in [1.29, 1.82) is 0 Å². The molecule has 0 radical (unpaired) electrons. The van der Waals surface area contributed by atoms with Crippen LogP contribution in [0.4, 0.5) is 0 Å². The highest BCUT2D eigenvalue weighted by molar-refractivity contribution is 5.94. The Kier molecular flexibility index (Phi) is 3.99. The van der Waals surface area contributed by atoms with E-state index in [1.165, 1.54) is 0 Å². The third kappa shape index (κ3) is 2.54. The number of nitrogens with zero attached hydrogens (tertiary/aromatic N) is 2. The molecule has 1 N–H and O–H groups in total. The molecule has 1 saturated heterocycles. The molecule has 1 aromatic carbocycles. The molecule has 1 fully saturated rings. The maximum atomic E-state index is 12.3. The van der Waals surface area contributed by atoms with E-state index in [-0.39, 0.29) is 11.9 Å². The van der Waals surface area contributed by atoms with Crippen LogP contribution in [-0.2, 0) is 0 Å². The summed E-state index contributed by atoms with van der Waals surface area (Å²) < 4.78 is 0. The molecule has 0 spiro atoms. The Morgan fingerprint density at radius 3 is 2.61 bits per heavy atom. The average Bonchev–Trinajstić information content (AvgIpc) is 2.79. The van der Waals surface area contributed by atoms with Gasteiger partial charge in [-0.05, 0) is 18.7 Å². The summed E-state index contributed by atoms with van der Waals surface area (Å²) in [4.78, 5) is 16.1. The van der Waals surface area contributed by atoms with Crippen LogP contribution < -0.4 is 0 Å². The molecule has 18 heavy (non-hydrogen) atoms. The first kappa shape index (κ1) is 13.1. The first-order chi connectivity index (χ1) is 8.63. The molecule has 1 heterocycles. The number of hydrogen-bond acceptors (Lipinski definition) is 3. The van der Waals surface area contributed by atoms with Crippen LogP contribution in [0.25, 0.3) is 0 Å². The van der Waals surface area contributed by atoms with Gasteiger partial charge in [-0.3, -0.25) is 9.69 Å². The number of aliphatic hydroxyl groups is 1. The van der Waals surface area contributed by atoms with E-state index in [2.05, 4.69) is 11.8 Å². The van der Waals surface area contributed by atoms with Crippen LogP contribution in [-0.4, -0.2) is 59.6 Å². The van der Waals surface area contributed by atoms with Crippen LogP contribution in [0.15, 0.2) is 30.3 Å². The summed E-state index contributed by atoms with van der Waals surface area (Å²) in [7, 11) is 1.77. The molecule has 1 amide bonds. The van der Waals surface area contributed by atoms with Crippen molar-refractivity contribution >= 4 is 5.91 Å². The van der Waals surface area contributed by atoms with E-state index < -0.39 is 6.10 Å². The standard InChI is InChI=1S/C14H20N2O2/c1-3-16-9-12(13(17)10-16)15(2)14(18)11-7-5-4-6-8-11/h4-8,12-13,17H,3,9-10H2,1-2H3/t12-,13-/m0/s1. The minimum absolute atomic E-state index is 0.0300. The largest absolute Gasteiger partial charge is 0.390 e. The fourth-order valence-electron chi connectivity index (χ4n) is 2.42. The molecule has 0 aromatic heterocycles. The van der Waals surface area contributed by atoms with Crippen molar-refractivity contribution in [2.45, 2.75) is 19.1 Å². The van der Waals surface area contributed by atoms with Gasteiger partial charge < -0.3 is 10.0 Å². The normalized spacial score (nSPS) is 24.2. The van der Waals surface area contributed by atoms with Gasteiger partial charge in [0.05, 0.1) is 12.1 Å². The van der Waals surface area contributed by atoms with Crippen molar-refractivity contribution in [3.63, 3.8) is 0 Å². The summed E-state index contributed by atoms with van der Waals surface area (Å²) in [5.74, 6) is -0.0300. The molecule has 4 nitrogen and oxygen atoms in total. The zero-order chi connectivity index (χ0) is 13.1. The zero-order valence-electron chi connectivity index (χ0n) is 10.9. The van der Waals surface area contributed by atoms with Crippen LogP contribution in [0.5, 0.6) is 0 Å².